The van der Waals surface area contributed by atoms with Crippen molar-refractivity contribution < 1.29 is 31.2 Å². The molecule has 220 valence electrons. The maximum absolute atomic E-state index is 13.8. The number of alkyl halides is 3. The van der Waals surface area contributed by atoms with Gasteiger partial charge in [-0.25, -0.2) is 8.42 Å². The Morgan fingerprint density at radius 3 is 2.12 bits per heavy atom. The van der Waals surface area contributed by atoms with E-state index in [0.717, 1.165) is 23.3 Å². The average Bonchev–Trinajstić information content (AvgIpc) is 2.91. The van der Waals surface area contributed by atoms with Crippen molar-refractivity contribution in [3.63, 3.8) is 0 Å². The summed E-state index contributed by atoms with van der Waals surface area (Å²) in [6.07, 6.45) is -4.36. The normalized spacial score (nSPS) is 12.6. The van der Waals surface area contributed by atoms with Crippen LogP contribution in [0.25, 0.3) is 0 Å². The minimum absolute atomic E-state index is 0.0799. The second-order valence-electron chi connectivity index (χ2n) is 10.0. The van der Waals surface area contributed by atoms with Crippen LogP contribution in [0.2, 0.25) is 0 Å². The minimum Gasteiger partial charge on any atom is -0.352 e. The van der Waals surface area contributed by atoms with E-state index >= 15 is 0 Å². The lowest BCUT2D eigenvalue weighted by atomic mass is 10.1. The summed E-state index contributed by atoms with van der Waals surface area (Å²) in [5, 5.41) is 2.76. The predicted octanol–water partition coefficient (Wildman–Crippen LogP) is 5.19. The Bertz CT molecular complexity index is 1440. The van der Waals surface area contributed by atoms with Crippen molar-refractivity contribution in [2.45, 2.75) is 57.3 Å². The highest BCUT2D eigenvalue weighted by molar-refractivity contribution is 7.92. The van der Waals surface area contributed by atoms with Gasteiger partial charge in [0.1, 0.15) is 12.6 Å². The Hall–Kier alpha value is -3.86. The number of sulfonamides is 1. The van der Waals surface area contributed by atoms with E-state index in [1.807, 2.05) is 30.3 Å². The van der Waals surface area contributed by atoms with E-state index in [-0.39, 0.29) is 23.2 Å². The lowest BCUT2D eigenvalue weighted by Gasteiger charge is -2.32. The molecule has 7 nitrogen and oxygen atoms in total. The number of halogens is 3. The Kier molecular flexibility index (Phi) is 10.2. The maximum atomic E-state index is 13.8. The van der Waals surface area contributed by atoms with Gasteiger partial charge >= 0.3 is 6.18 Å². The lowest BCUT2D eigenvalue weighted by molar-refractivity contribution is -0.139. The van der Waals surface area contributed by atoms with Gasteiger partial charge < -0.3 is 10.2 Å². The molecule has 41 heavy (non-hydrogen) atoms. The first-order chi connectivity index (χ1) is 19.2. The van der Waals surface area contributed by atoms with Gasteiger partial charge in [0, 0.05) is 12.6 Å². The van der Waals surface area contributed by atoms with Crippen molar-refractivity contribution >= 4 is 27.5 Å². The highest BCUT2D eigenvalue weighted by atomic mass is 32.2. The van der Waals surface area contributed by atoms with Gasteiger partial charge in [0.2, 0.25) is 11.8 Å². The number of aryl methyl sites for hydroxylation is 1. The SMILES string of the molecule is Cc1ccc(S(=O)(=O)N(CC(=O)N(CCc2ccccc2)C(C)C(=O)NC(C)C)c2cccc(C(F)(F)F)c2)cc1. The summed E-state index contributed by atoms with van der Waals surface area (Å²) in [6, 6.07) is 17.7. The van der Waals surface area contributed by atoms with Crippen LogP contribution in [0.3, 0.4) is 0 Å². The van der Waals surface area contributed by atoms with Crippen LogP contribution in [0.5, 0.6) is 0 Å². The molecule has 0 aromatic heterocycles. The Morgan fingerprint density at radius 2 is 1.54 bits per heavy atom. The molecule has 3 aromatic carbocycles. The minimum atomic E-state index is -4.73. The zero-order valence-electron chi connectivity index (χ0n) is 23.4. The number of amides is 2. The summed E-state index contributed by atoms with van der Waals surface area (Å²) < 4.78 is 68.9. The zero-order chi connectivity index (χ0) is 30.4. The monoisotopic (exact) mass is 589 g/mol. The third-order valence-electron chi connectivity index (χ3n) is 6.43. The molecule has 11 heteroatoms. The molecule has 3 aromatic rings. The van der Waals surface area contributed by atoms with Crippen molar-refractivity contribution in [2.24, 2.45) is 0 Å². The Balaban J connectivity index is 2.04. The summed E-state index contributed by atoms with van der Waals surface area (Å²) in [6.45, 7) is 6.10. The number of rotatable bonds is 11. The van der Waals surface area contributed by atoms with Crippen LogP contribution in [0.15, 0.2) is 83.8 Å². The molecule has 0 heterocycles. The number of nitrogens with one attached hydrogen (secondary N) is 1. The van der Waals surface area contributed by atoms with Gasteiger partial charge in [-0.3, -0.25) is 13.9 Å². The van der Waals surface area contributed by atoms with Crippen LogP contribution < -0.4 is 9.62 Å². The van der Waals surface area contributed by atoms with Crippen molar-refractivity contribution in [1.29, 1.82) is 0 Å². The number of anilines is 1. The molecule has 0 saturated carbocycles. The molecule has 0 fully saturated rings. The predicted molar refractivity (Wildman–Crippen MR) is 152 cm³/mol. The van der Waals surface area contributed by atoms with Gasteiger partial charge in [-0.05, 0) is 70.0 Å². The van der Waals surface area contributed by atoms with Gasteiger partial charge in [-0.1, -0.05) is 54.1 Å². The van der Waals surface area contributed by atoms with E-state index < -0.39 is 46.2 Å². The second kappa shape index (κ2) is 13.2. The third kappa shape index (κ3) is 8.32. The molecule has 3 rings (SSSR count). The van der Waals surface area contributed by atoms with Crippen molar-refractivity contribution in [3.8, 4) is 0 Å². The maximum Gasteiger partial charge on any atom is 0.416 e. The number of hydrogen-bond acceptors (Lipinski definition) is 4. The van der Waals surface area contributed by atoms with Gasteiger partial charge in [0.05, 0.1) is 16.1 Å². The third-order valence-corrected chi connectivity index (χ3v) is 8.22. The van der Waals surface area contributed by atoms with Crippen LogP contribution in [0.4, 0.5) is 18.9 Å². The van der Waals surface area contributed by atoms with E-state index in [9.17, 15) is 31.2 Å². The van der Waals surface area contributed by atoms with E-state index in [4.69, 9.17) is 0 Å². The van der Waals surface area contributed by atoms with Crippen LogP contribution in [0.1, 0.15) is 37.5 Å². The molecule has 0 aliphatic carbocycles. The molecule has 0 spiro atoms. The number of carbonyl (C=O) groups excluding carboxylic acids is 2. The quantitative estimate of drug-likeness (QED) is 0.334. The van der Waals surface area contributed by atoms with Gasteiger partial charge in [0.25, 0.3) is 10.0 Å². The Labute approximate surface area is 239 Å². The summed E-state index contributed by atoms with van der Waals surface area (Å²) in [5.74, 6) is -1.17. The molecule has 0 saturated heterocycles. The zero-order valence-corrected chi connectivity index (χ0v) is 24.2. The second-order valence-corrected chi connectivity index (χ2v) is 11.9. The van der Waals surface area contributed by atoms with Gasteiger partial charge in [0.15, 0.2) is 0 Å². The summed E-state index contributed by atoms with van der Waals surface area (Å²) in [4.78, 5) is 27.8. The number of carbonyl (C=O) groups is 2. The smallest absolute Gasteiger partial charge is 0.352 e. The van der Waals surface area contributed by atoms with Crippen LogP contribution in [-0.4, -0.2) is 50.3 Å². The highest BCUT2D eigenvalue weighted by Gasteiger charge is 2.35. The molecule has 0 bridgehead atoms. The average molecular weight is 590 g/mol. The molecule has 1 unspecified atom stereocenters. The van der Waals surface area contributed by atoms with Crippen molar-refractivity contribution in [2.75, 3.05) is 17.4 Å². The lowest BCUT2D eigenvalue weighted by Crippen LogP contribution is -2.53. The van der Waals surface area contributed by atoms with E-state index in [2.05, 4.69) is 5.32 Å². The van der Waals surface area contributed by atoms with Crippen molar-refractivity contribution in [1.82, 2.24) is 10.2 Å². The van der Waals surface area contributed by atoms with E-state index in [1.165, 1.54) is 30.0 Å². The van der Waals surface area contributed by atoms with Crippen LogP contribution in [-0.2, 0) is 32.2 Å². The fourth-order valence-corrected chi connectivity index (χ4v) is 5.58. The first-order valence-corrected chi connectivity index (χ1v) is 14.5. The number of benzene rings is 3. The standard InChI is InChI=1S/C30H34F3N3O4S/c1-21(2)34-29(38)23(4)35(18-17-24-9-6-5-7-10-24)28(37)20-36(26-12-8-11-25(19-26)30(31,32)33)41(39,40)27-15-13-22(3)14-16-27/h5-16,19,21,23H,17-18,20H2,1-4H3,(H,34,38). The summed E-state index contributed by atoms with van der Waals surface area (Å²) >= 11 is 0. The van der Waals surface area contributed by atoms with E-state index in [1.54, 1.807) is 32.9 Å². The molecule has 0 aliphatic heterocycles. The summed E-state index contributed by atoms with van der Waals surface area (Å²) in [7, 11) is -4.48. The molecule has 1 N–H and O–H groups in total. The summed E-state index contributed by atoms with van der Waals surface area (Å²) in [5.41, 5.74) is 0.291. The first-order valence-electron chi connectivity index (χ1n) is 13.1. The molecular weight excluding hydrogens is 555 g/mol. The molecule has 0 radical (unpaired) electrons. The van der Waals surface area contributed by atoms with Crippen LogP contribution >= 0.6 is 0 Å². The number of hydrogen-bond donors (Lipinski definition) is 1. The fraction of sp³-hybridized carbons (Fsp3) is 0.333. The molecule has 0 aliphatic rings. The molecule has 2 amide bonds. The van der Waals surface area contributed by atoms with Crippen molar-refractivity contribution in [3.05, 3.63) is 95.6 Å². The van der Waals surface area contributed by atoms with Gasteiger partial charge in [-0.15, -0.1) is 0 Å². The largest absolute Gasteiger partial charge is 0.416 e. The van der Waals surface area contributed by atoms with E-state index in [0.29, 0.717) is 16.8 Å². The number of nitrogens with zero attached hydrogens (tertiary/aromatic N) is 2. The highest BCUT2D eigenvalue weighted by Crippen LogP contribution is 2.33. The molecular formula is C30H34F3N3O4S. The Morgan fingerprint density at radius 1 is 0.902 bits per heavy atom. The van der Waals surface area contributed by atoms with Crippen LogP contribution in [0, 0.1) is 6.92 Å². The van der Waals surface area contributed by atoms with Gasteiger partial charge in [-0.2, -0.15) is 13.2 Å². The topological polar surface area (TPSA) is 86.8 Å². The first kappa shape index (κ1) is 31.7. The fourth-order valence-electron chi connectivity index (χ4n) is 4.18. The molecule has 1 atom stereocenters.